The van der Waals surface area contributed by atoms with Crippen LogP contribution in [-0.2, 0) is 6.54 Å². The highest BCUT2D eigenvalue weighted by Crippen LogP contribution is 2.24. The van der Waals surface area contributed by atoms with Gasteiger partial charge in [-0.1, -0.05) is 30.7 Å². The Bertz CT molecular complexity index is 477. The summed E-state index contributed by atoms with van der Waals surface area (Å²) in [5.41, 5.74) is 3.64. The number of hydrogen-bond donors (Lipinski definition) is 1. The van der Waals surface area contributed by atoms with Crippen molar-refractivity contribution >= 4 is 11.3 Å². The monoisotopic (exact) mass is 246 g/mol. The molecule has 0 unspecified atom stereocenters. The van der Waals surface area contributed by atoms with Crippen LogP contribution in [0.1, 0.15) is 24.6 Å². The SMILES string of the molecule is CCCNCc1csc(-c2cccc(C)c2)n1. The minimum absolute atomic E-state index is 0.871. The summed E-state index contributed by atoms with van der Waals surface area (Å²) in [6, 6.07) is 8.50. The van der Waals surface area contributed by atoms with Gasteiger partial charge in [-0.3, -0.25) is 0 Å². The number of benzene rings is 1. The Kier molecular flexibility index (Phi) is 4.29. The normalized spacial score (nSPS) is 10.7. The first-order valence-electron chi connectivity index (χ1n) is 6.01. The molecule has 0 radical (unpaired) electrons. The maximum atomic E-state index is 4.65. The van der Waals surface area contributed by atoms with Crippen molar-refractivity contribution in [3.05, 3.63) is 40.9 Å². The summed E-state index contributed by atoms with van der Waals surface area (Å²) >= 11 is 1.72. The fourth-order valence-corrected chi connectivity index (χ4v) is 2.51. The van der Waals surface area contributed by atoms with Crippen molar-refractivity contribution in [2.24, 2.45) is 0 Å². The molecular weight excluding hydrogens is 228 g/mol. The standard InChI is InChI=1S/C14H18N2S/c1-3-7-15-9-13-10-17-14(16-13)12-6-4-5-11(2)8-12/h4-6,8,10,15H,3,7,9H2,1-2H3. The summed E-state index contributed by atoms with van der Waals surface area (Å²) in [5.74, 6) is 0. The summed E-state index contributed by atoms with van der Waals surface area (Å²) in [7, 11) is 0. The molecule has 2 aromatic rings. The molecule has 0 saturated carbocycles. The third-order valence-corrected chi connectivity index (χ3v) is 3.49. The summed E-state index contributed by atoms with van der Waals surface area (Å²) < 4.78 is 0. The summed E-state index contributed by atoms with van der Waals surface area (Å²) in [5, 5.41) is 6.62. The average Bonchev–Trinajstić information content (AvgIpc) is 2.78. The van der Waals surface area contributed by atoms with Crippen LogP contribution in [-0.4, -0.2) is 11.5 Å². The summed E-state index contributed by atoms with van der Waals surface area (Å²) in [6.45, 7) is 6.21. The molecule has 0 fully saturated rings. The first-order chi connectivity index (χ1) is 8.29. The van der Waals surface area contributed by atoms with Crippen LogP contribution in [0.4, 0.5) is 0 Å². The van der Waals surface area contributed by atoms with E-state index in [0.717, 1.165) is 30.2 Å². The number of hydrogen-bond acceptors (Lipinski definition) is 3. The molecule has 0 aliphatic rings. The largest absolute Gasteiger partial charge is 0.311 e. The van der Waals surface area contributed by atoms with Crippen LogP contribution in [0.25, 0.3) is 10.6 Å². The third kappa shape index (κ3) is 3.38. The van der Waals surface area contributed by atoms with Gasteiger partial charge in [-0.25, -0.2) is 4.98 Å². The molecule has 1 aromatic heterocycles. The van der Waals surface area contributed by atoms with Gasteiger partial charge in [0.15, 0.2) is 0 Å². The van der Waals surface area contributed by atoms with E-state index < -0.39 is 0 Å². The van der Waals surface area contributed by atoms with Gasteiger partial charge in [0.2, 0.25) is 0 Å². The van der Waals surface area contributed by atoms with Crippen molar-refractivity contribution in [2.45, 2.75) is 26.8 Å². The summed E-state index contributed by atoms with van der Waals surface area (Å²) in [6.07, 6.45) is 1.16. The second kappa shape index (κ2) is 5.94. The second-order valence-electron chi connectivity index (χ2n) is 4.19. The molecule has 1 aromatic carbocycles. The molecule has 3 heteroatoms. The molecule has 0 atom stereocenters. The quantitative estimate of drug-likeness (QED) is 0.815. The van der Waals surface area contributed by atoms with Crippen molar-refractivity contribution < 1.29 is 0 Å². The lowest BCUT2D eigenvalue weighted by molar-refractivity contribution is 0.667. The topological polar surface area (TPSA) is 24.9 Å². The van der Waals surface area contributed by atoms with Crippen LogP contribution >= 0.6 is 11.3 Å². The van der Waals surface area contributed by atoms with Gasteiger partial charge in [0.1, 0.15) is 5.01 Å². The molecule has 17 heavy (non-hydrogen) atoms. The minimum Gasteiger partial charge on any atom is -0.311 e. The van der Waals surface area contributed by atoms with E-state index in [4.69, 9.17) is 0 Å². The van der Waals surface area contributed by atoms with Crippen molar-refractivity contribution in [2.75, 3.05) is 6.54 Å². The maximum Gasteiger partial charge on any atom is 0.123 e. The van der Waals surface area contributed by atoms with Gasteiger partial charge in [0.25, 0.3) is 0 Å². The molecule has 90 valence electrons. The van der Waals surface area contributed by atoms with Crippen molar-refractivity contribution in [3.63, 3.8) is 0 Å². The molecule has 0 amide bonds. The Labute approximate surface area is 107 Å². The van der Waals surface area contributed by atoms with Gasteiger partial charge in [0.05, 0.1) is 5.69 Å². The molecular formula is C14H18N2S. The molecule has 2 rings (SSSR count). The van der Waals surface area contributed by atoms with E-state index in [0.29, 0.717) is 0 Å². The van der Waals surface area contributed by atoms with Crippen LogP contribution in [0.5, 0.6) is 0 Å². The molecule has 0 spiro atoms. The van der Waals surface area contributed by atoms with Crippen LogP contribution < -0.4 is 5.32 Å². The Balaban J connectivity index is 2.07. The van der Waals surface area contributed by atoms with Gasteiger partial charge >= 0.3 is 0 Å². The zero-order valence-electron chi connectivity index (χ0n) is 10.4. The van der Waals surface area contributed by atoms with E-state index in [9.17, 15) is 0 Å². The van der Waals surface area contributed by atoms with E-state index in [1.807, 2.05) is 0 Å². The average molecular weight is 246 g/mol. The number of thiazole rings is 1. The second-order valence-corrected chi connectivity index (χ2v) is 5.05. The van der Waals surface area contributed by atoms with Gasteiger partial charge in [-0.2, -0.15) is 0 Å². The van der Waals surface area contributed by atoms with E-state index in [2.05, 4.69) is 53.8 Å². The first-order valence-corrected chi connectivity index (χ1v) is 6.89. The highest BCUT2D eigenvalue weighted by molar-refractivity contribution is 7.13. The maximum absolute atomic E-state index is 4.65. The predicted octanol–water partition coefficient (Wildman–Crippen LogP) is 3.62. The van der Waals surface area contributed by atoms with Crippen LogP contribution in [0, 0.1) is 6.92 Å². The van der Waals surface area contributed by atoms with Crippen molar-refractivity contribution in [3.8, 4) is 10.6 Å². The molecule has 1 N–H and O–H groups in total. The first kappa shape index (κ1) is 12.3. The minimum atomic E-state index is 0.871. The lowest BCUT2D eigenvalue weighted by Gasteiger charge is -1.99. The molecule has 0 bridgehead atoms. The van der Waals surface area contributed by atoms with E-state index in [1.165, 1.54) is 11.1 Å². The van der Waals surface area contributed by atoms with E-state index >= 15 is 0 Å². The number of aromatic nitrogens is 1. The van der Waals surface area contributed by atoms with Gasteiger partial charge in [-0.15, -0.1) is 11.3 Å². The molecule has 2 nitrogen and oxygen atoms in total. The lowest BCUT2D eigenvalue weighted by Crippen LogP contribution is -2.13. The zero-order chi connectivity index (χ0) is 12.1. The number of nitrogens with zero attached hydrogens (tertiary/aromatic N) is 1. The fraction of sp³-hybridized carbons (Fsp3) is 0.357. The highest BCUT2D eigenvalue weighted by Gasteiger charge is 2.04. The Morgan fingerprint density at radius 3 is 3.00 bits per heavy atom. The molecule has 0 saturated heterocycles. The smallest absolute Gasteiger partial charge is 0.123 e. The van der Waals surface area contributed by atoms with Crippen molar-refractivity contribution in [1.82, 2.24) is 10.3 Å². The zero-order valence-corrected chi connectivity index (χ0v) is 11.2. The van der Waals surface area contributed by atoms with E-state index in [-0.39, 0.29) is 0 Å². The number of rotatable bonds is 5. The van der Waals surface area contributed by atoms with Crippen LogP contribution in [0.15, 0.2) is 29.6 Å². The molecule has 0 aliphatic heterocycles. The predicted molar refractivity (Wildman–Crippen MR) is 74.3 cm³/mol. The Morgan fingerprint density at radius 2 is 2.24 bits per heavy atom. The lowest BCUT2D eigenvalue weighted by atomic mass is 10.1. The Morgan fingerprint density at radius 1 is 1.35 bits per heavy atom. The van der Waals surface area contributed by atoms with Crippen LogP contribution in [0.2, 0.25) is 0 Å². The number of nitrogens with one attached hydrogen (secondary N) is 1. The third-order valence-electron chi connectivity index (χ3n) is 2.55. The summed E-state index contributed by atoms with van der Waals surface area (Å²) in [4.78, 5) is 4.65. The highest BCUT2D eigenvalue weighted by atomic mass is 32.1. The van der Waals surface area contributed by atoms with Gasteiger partial charge < -0.3 is 5.32 Å². The van der Waals surface area contributed by atoms with Crippen molar-refractivity contribution in [1.29, 1.82) is 0 Å². The van der Waals surface area contributed by atoms with Gasteiger partial charge in [0, 0.05) is 17.5 Å². The molecule has 1 heterocycles. The molecule has 0 aliphatic carbocycles. The van der Waals surface area contributed by atoms with Crippen LogP contribution in [0.3, 0.4) is 0 Å². The Hall–Kier alpha value is -1.19. The van der Waals surface area contributed by atoms with Gasteiger partial charge in [-0.05, 0) is 26.0 Å². The van der Waals surface area contributed by atoms with E-state index in [1.54, 1.807) is 11.3 Å². The fourth-order valence-electron chi connectivity index (χ4n) is 1.69. The number of aryl methyl sites for hydroxylation is 1.